The van der Waals surface area contributed by atoms with Gasteiger partial charge in [0.15, 0.2) is 17.3 Å². The van der Waals surface area contributed by atoms with Crippen LogP contribution in [-0.2, 0) is 11.3 Å². The molecule has 0 atom stereocenters. The average molecular weight is 462 g/mol. The molecule has 3 aromatic rings. The summed E-state index contributed by atoms with van der Waals surface area (Å²) < 4.78 is 1.67. The van der Waals surface area contributed by atoms with Gasteiger partial charge in [-0.2, -0.15) is 4.52 Å². The van der Waals surface area contributed by atoms with Crippen molar-refractivity contribution in [2.45, 2.75) is 40.2 Å². The van der Waals surface area contributed by atoms with Crippen molar-refractivity contribution in [1.29, 1.82) is 5.41 Å². The summed E-state index contributed by atoms with van der Waals surface area (Å²) in [5.74, 6) is 1.47. The van der Waals surface area contributed by atoms with Crippen LogP contribution in [0.15, 0.2) is 47.8 Å². The third-order valence-corrected chi connectivity index (χ3v) is 6.07. The molecule has 1 fully saturated rings. The SMILES string of the molecule is CC(=N)/C(CCC(=O)N1CCN(Cc2ccccn2)CC1)=C(/C)Nc1ccc2nnc(C)n2n1. The highest BCUT2D eigenvalue weighted by Gasteiger charge is 2.22. The Bertz CT molecular complexity index is 1190. The zero-order valence-corrected chi connectivity index (χ0v) is 20.0. The Morgan fingerprint density at radius 1 is 1.06 bits per heavy atom. The van der Waals surface area contributed by atoms with Gasteiger partial charge in [0.25, 0.3) is 0 Å². The Balaban J connectivity index is 1.32. The first-order valence-electron chi connectivity index (χ1n) is 11.5. The summed E-state index contributed by atoms with van der Waals surface area (Å²) in [6.45, 7) is 9.43. The van der Waals surface area contributed by atoms with Gasteiger partial charge in [0, 0.05) is 56.8 Å². The van der Waals surface area contributed by atoms with Gasteiger partial charge in [-0.25, -0.2) is 0 Å². The summed E-state index contributed by atoms with van der Waals surface area (Å²) >= 11 is 0. The number of nitrogens with one attached hydrogen (secondary N) is 2. The van der Waals surface area contributed by atoms with Crippen LogP contribution < -0.4 is 5.32 Å². The van der Waals surface area contributed by atoms with Crippen LogP contribution in [0.3, 0.4) is 0 Å². The summed E-state index contributed by atoms with van der Waals surface area (Å²) in [4.78, 5) is 21.5. The lowest BCUT2D eigenvalue weighted by atomic mass is 10.0. The standard InChI is InChI=1S/C24H31N9O/c1-17(25)21(18(2)27-22-8-9-23-29-28-19(3)33(23)30-22)7-10-24(34)32-14-12-31(13-15-32)16-20-6-4-5-11-26-20/h4-6,8-9,11,25H,7,10,12-16H2,1-3H3,(H,27,30)/b21-18-,25-17?. The van der Waals surface area contributed by atoms with Crippen LogP contribution in [0.4, 0.5) is 5.82 Å². The maximum atomic E-state index is 12.9. The molecule has 178 valence electrons. The van der Waals surface area contributed by atoms with Crippen molar-refractivity contribution in [3.63, 3.8) is 0 Å². The topological polar surface area (TPSA) is 115 Å². The summed E-state index contributed by atoms with van der Waals surface area (Å²) in [6, 6.07) is 9.63. The molecule has 10 heteroatoms. The van der Waals surface area contributed by atoms with Gasteiger partial charge in [-0.15, -0.1) is 15.3 Å². The van der Waals surface area contributed by atoms with E-state index >= 15 is 0 Å². The minimum Gasteiger partial charge on any atom is -0.342 e. The number of fused-ring (bicyclic) bond motifs is 1. The Hall–Kier alpha value is -3.66. The lowest BCUT2D eigenvalue weighted by Gasteiger charge is -2.34. The van der Waals surface area contributed by atoms with Crippen molar-refractivity contribution in [3.05, 3.63) is 59.3 Å². The van der Waals surface area contributed by atoms with Crippen LogP contribution in [0.5, 0.6) is 0 Å². The Morgan fingerprint density at radius 3 is 2.56 bits per heavy atom. The number of pyridine rings is 1. The molecule has 0 saturated carbocycles. The van der Waals surface area contributed by atoms with Gasteiger partial charge in [0.2, 0.25) is 5.91 Å². The molecule has 1 aliphatic heterocycles. The number of hydrogen-bond donors (Lipinski definition) is 2. The molecule has 0 spiro atoms. The van der Waals surface area contributed by atoms with Crippen LogP contribution in [0.2, 0.25) is 0 Å². The van der Waals surface area contributed by atoms with Crippen LogP contribution in [0.25, 0.3) is 5.65 Å². The molecular formula is C24H31N9O. The van der Waals surface area contributed by atoms with Crippen molar-refractivity contribution in [2.24, 2.45) is 0 Å². The lowest BCUT2D eigenvalue weighted by molar-refractivity contribution is -0.132. The van der Waals surface area contributed by atoms with Gasteiger partial charge in [-0.1, -0.05) is 6.07 Å². The van der Waals surface area contributed by atoms with E-state index in [1.165, 1.54) is 0 Å². The van der Waals surface area contributed by atoms with E-state index in [1.807, 2.05) is 55.3 Å². The number of aromatic nitrogens is 5. The third kappa shape index (κ3) is 5.63. The van der Waals surface area contributed by atoms with Crippen LogP contribution in [0, 0.1) is 12.3 Å². The first-order valence-corrected chi connectivity index (χ1v) is 11.5. The Kier molecular flexibility index (Phi) is 7.27. The van der Waals surface area contributed by atoms with E-state index < -0.39 is 0 Å². The zero-order chi connectivity index (χ0) is 24.1. The van der Waals surface area contributed by atoms with E-state index in [4.69, 9.17) is 5.41 Å². The minimum absolute atomic E-state index is 0.128. The summed E-state index contributed by atoms with van der Waals surface area (Å²) in [6.07, 6.45) is 2.70. The van der Waals surface area contributed by atoms with E-state index in [0.29, 0.717) is 48.9 Å². The highest BCUT2D eigenvalue weighted by Crippen LogP contribution is 2.18. The second kappa shape index (κ2) is 10.5. The molecule has 4 rings (SSSR count). The summed E-state index contributed by atoms with van der Waals surface area (Å²) in [7, 11) is 0. The molecule has 0 aromatic carbocycles. The molecule has 3 aromatic heterocycles. The molecule has 34 heavy (non-hydrogen) atoms. The number of carbonyl (C=O) groups is 1. The van der Waals surface area contributed by atoms with E-state index in [0.717, 1.165) is 36.6 Å². The number of piperazine rings is 1. The van der Waals surface area contributed by atoms with Gasteiger partial charge < -0.3 is 15.6 Å². The van der Waals surface area contributed by atoms with Gasteiger partial charge >= 0.3 is 0 Å². The molecule has 1 amide bonds. The first kappa shape index (κ1) is 23.5. The van der Waals surface area contributed by atoms with Crippen molar-refractivity contribution >= 4 is 23.1 Å². The van der Waals surface area contributed by atoms with Gasteiger partial charge in [-0.05, 0) is 57.0 Å². The number of amides is 1. The summed E-state index contributed by atoms with van der Waals surface area (Å²) in [5.41, 5.74) is 3.82. The Morgan fingerprint density at radius 2 is 1.85 bits per heavy atom. The third-order valence-electron chi connectivity index (χ3n) is 6.07. The highest BCUT2D eigenvalue weighted by molar-refractivity contribution is 5.97. The molecule has 1 saturated heterocycles. The largest absolute Gasteiger partial charge is 0.342 e. The smallest absolute Gasteiger partial charge is 0.222 e. The number of aryl methyl sites for hydroxylation is 1. The predicted octanol–water partition coefficient (Wildman–Crippen LogP) is 2.68. The fraction of sp³-hybridized carbons (Fsp3) is 0.417. The Labute approximate surface area is 199 Å². The van der Waals surface area contributed by atoms with E-state index in [2.05, 4.69) is 30.5 Å². The number of nitrogens with zero attached hydrogens (tertiary/aromatic N) is 7. The van der Waals surface area contributed by atoms with Gasteiger partial charge in [0.1, 0.15) is 0 Å². The normalized spacial score (nSPS) is 15.3. The monoisotopic (exact) mass is 461 g/mol. The summed E-state index contributed by atoms with van der Waals surface area (Å²) in [5, 5.41) is 24.1. The van der Waals surface area contributed by atoms with Gasteiger partial charge in [-0.3, -0.25) is 14.7 Å². The predicted molar refractivity (Wildman–Crippen MR) is 131 cm³/mol. The van der Waals surface area contributed by atoms with Gasteiger partial charge in [0.05, 0.1) is 5.69 Å². The minimum atomic E-state index is 0.128. The average Bonchev–Trinajstić information content (AvgIpc) is 3.20. The molecule has 0 bridgehead atoms. The molecule has 0 unspecified atom stereocenters. The van der Waals surface area contributed by atoms with E-state index in [1.54, 1.807) is 11.4 Å². The van der Waals surface area contributed by atoms with E-state index in [-0.39, 0.29) is 5.91 Å². The van der Waals surface area contributed by atoms with Crippen LogP contribution in [0.1, 0.15) is 38.2 Å². The quantitative estimate of drug-likeness (QED) is 0.496. The molecular weight excluding hydrogens is 430 g/mol. The second-order valence-corrected chi connectivity index (χ2v) is 8.57. The van der Waals surface area contributed by atoms with Crippen LogP contribution >= 0.6 is 0 Å². The van der Waals surface area contributed by atoms with Crippen molar-refractivity contribution in [3.8, 4) is 0 Å². The fourth-order valence-electron chi connectivity index (χ4n) is 4.15. The van der Waals surface area contributed by atoms with Crippen molar-refractivity contribution < 1.29 is 4.79 Å². The molecule has 10 nitrogen and oxygen atoms in total. The maximum Gasteiger partial charge on any atom is 0.222 e. The number of anilines is 1. The number of hydrogen-bond acceptors (Lipinski definition) is 8. The number of rotatable bonds is 8. The molecule has 0 radical (unpaired) electrons. The lowest BCUT2D eigenvalue weighted by Crippen LogP contribution is -2.48. The van der Waals surface area contributed by atoms with Crippen LogP contribution in [-0.4, -0.2) is 72.4 Å². The van der Waals surface area contributed by atoms with Crippen molar-refractivity contribution in [2.75, 3.05) is 31.5 Å². The van der Waals surface area contributed by atoms with E-state index in [9.17, 15) is 4.79 Å². The zero-order valence-electron chi connectivity index (χ0n) is 20.0. The molecule has 0 aliphatic carbocycles. The maximum absolute atomic E-state index is 12.9. The molecule has 1 aliphatic rings. The highest BCUT2D eigenvalue weighted by atomic mass is 16.2. The molecule has 4 heterocycles. The number of allylic oxidation sites excluding steroid dienone is 2. The second-order valence-electron chi connectivity index (χ2n) is 8.57. The molecule has 2 N–H and O–H groups in total. The first-order chi connectivity index (χ1) is 16.4. The number of carbonyl (C=O) groups excluding carboxylic acids is 1. The van der Waals surface area contributed by atoms with Crippen molar-refractivity contribution in [1.82, 2.24) is 34.6 Å². The fourth-order valence-corrected chi connectivity index (χ4v) is 4.15.